The van der Waals surface area contributed by atoms with Gasteiger partial charge >= 0.3 is 0 Å². The SMILES string of the molecule is O=C1C=CC2C(NCCCCNC3C4C(c5ccc(Cl)cc5Cl)=Nc5ccccc5C34)C2N1. The number of amides is 1. The number of nitrogens with zero attached hydrogens (tertiary/aromatic N) is 1. The zero-order chi connectivity index (χ0) is 22.5. The molecule has 6 rings (SSSR count). The van der Waals surface area contributed by atoms with E-state index in [-0.39, 0.29) is 11.9 Å². The number of carbonyl (C=O) groups excluding carboxylic acids is 1. The van der Waals surface area contributed by atoms with Gasteiger partial charge in [0.2, 0.25) is 5.91 Å². The summed E-state index contributed by atoms with van der Waals surface area (Å²) >= 11 is 12.7. The van der Waals surface area contributed by atoms with Crippen molar-refractivity contribution in [3.63, 3.8) is 0 Å². The van der Waals surface area contributed by atoms with Gasteiger partial charge in [-0.3, -0.25) is 9.79 Å². The first-order valence-electron chi connectivity index (χ1n) is 11.7. The average molecular weight is 481 g/mol. The van der Waals surface area contributed by atoms with Crippen molar-refractivity contribution in [2.75, 3.05) is 13.1 Å². The lowest BCUT2D eigenvalue weighted by molar-refractivity contribution is -0.116. The molecule has 0 aromatic heterocycles. The van der Waals surface area contributed by atoms with Crippen molar-refractivity contribution in [3.8, 4) is 0 Å². The Labute approximate surface area is 203 Å². The Kier molecular flexibility index (Phi) is 5.53. The van der Waals surface area contributed by atoms with Crippen LogP contribution in [-0.4, -0.2) is 42.8 Å². The van der Waals surface area contributed by atoms with Gasteiger partial charge < -0.3 is 16.0 Å². The molecule has 170 valence electrons. The minimum atomic E-state index is 0.0278. The van der Waals surface area contributed by atoms with Crippen LogP contribution in [0.4, 0.5) is 5.69 Å². The highest BCUT2D eigenvalue weighted by Crippen LogP contribution is 2.56. The van der Waals surface area contributed by atoms with Crippen LogP contribution in [0.1, 0.15) is 29.9 Å². The maximum atomic E-state index is 11.4. The molecule has 0 spiro atoms. The molecule has 7 heteroatoms. The van der Waals surface area contributed by atoms with Crippen LogP contribution in [0, 0.1) is 11.8 Å². The molecule has 0 saturated heterocycles. The molecule has 6 unspecified atom stereocenters. The topological polar surface area (TPSA) is 65.5 Å². The van der Waals surface area contributed by atoms with Gasteiger partial charge in [-0.1, -0.05) is 53.5 Å². The molecule has 33 heavy (non-hydrogen) atoms. The van der Waals surface area contributed by atoms with Crippen LogP contribution in [0.25, 0.3) is 0 Å². The predicted octanol–water partition coefficient (Wildman–Crippen LogP) is 4.22. The summed E-state index contributed by atoms with van der Waals surface area (Å²) in [7, 11) is 0. The lowest BCUT2D eigenvalue weighted by Gasteiger charge is -2.15. The third-order valence-corrected chi connectivity index (χ3v) is 7.84. The second kappa shape index (κ2) is 8.55. The first-order chi connectivity index (χ1) is 16.1. The molecule has 4 aliphatic rings. The number of para-hydroxylation sites is 1. The quantitative estimate of drug-likeness (QED) is 0.495. The number of nitrogens with one attached hydrogen (secondary N) is 3. The van der Waals surface area contributed by atoms with Gasteiger partial charge in [-0.05, 0) is 55.8 Å². The van der Waals surface area contributed by atoms with Crippen molar-refractivity contribution < 1.29 is 4.79 Å². The van der Waals surface area contributed by atoms with Gasteiger partial charge in [-0.2, -0.15) is 0 Å². The molecule has 6 atom stereocenters. The number of aliphatic imine (C=N–C) groups is 1. The Morgan fingerprint density at radius 2 is 1.76 bits per heavy atom. The van der Waals surface area contributed by atoms with Crippen molar-refractivity contribution in [1.29, 1.82) is 0 Å². The zero-order valence-electron chi connectivity index (χ0n) is 18.1. The van der Waals surface area contributed by atoms with Crippen LogP contribution in [0.2, 0.25) is 10.0 Å². The highest BCUT2D eigenvalue weighted by Gasteiger charge is 2.56. The molecule has 2 heterocycles. The van der Waals surface area contributed by atoms with Crippen LogP contribution in [0.5, 0.6) is 0 Å². The smallest absolute Gasteiger partial charge is 0.243 e. The van der Waals surface area contributed by atoms with Crippen LogP contribution >= 0.6 is 23.2 Å². The monoisotopic (exact) mass is 480 g/mol. The molecule has 2 fully saturated rings. The predicted molar refractivity (Wildman–Crippen MR) is 133 cm³/mol. The summed E-state index contributed by atoms with van der Waals surface area (Å²) in [5.41, 5.74) is 4.40. The van der Waals surface area contributed by atoms with E-state index in [0.717, 1.165) is 42.9 Å². The Bertz CT molecular complexity index is 1160. The molecule has 2 aromatic carbocycles. The Hall–Kier alpha value is -2.18. The summed E-state index contributed by atoms with van der Waals surface area (Å²) in [4.78, 5) is 16.4. The van der Waals surface area contributed by atoms with Gasteiger partial charge in [-0.15, -0.1) is 0 Å². The largest absolute Gasteiger partial charge is 0.348 e. The molecule has 2 aliphatic carbocycles. The number of rotatable bonds is 8. The number of unbranched alkanes of at least 4 members (excludes halogenated alkanes) is 1. The van der Waals surface area contributed by atoms with Crippen LogP contribution in [0.15, 0.2) is 59.6 Å². The lowest BCUT2D eigenvalue weighted by atomic mass is 9.97. The van der Waals surface area contributed by atoms with E-state index in [1.807, 2.05) is 24.3 Å². The van der Waals surface area contributed by atoms with Gasteiger partial charge in [0, 0.05) is 40.4 Å². The molecule has 1 amide bonds. The summed E-state index contributed by atoms with van der Waals surface area (Å²) in [6, 6.07) is 15.1. The third-order valence-electron chi connectivity index (χ3n) is 7.30. The Morgan fingerprint density at radius 3 is 2.55 bits per heavy atom. The summed E-state index contributed by atoms with van der Waals surface area (Å²) < 4.78 is 0. The van der Waals surface area contributed by atoms with Gasteiger partial charge in [0.15, 0.2) is 0 Å². The Balaban J connectivity index is 1.05. The Morgan fingerprint density at radius 1 is 0.970 bits per heavy atom. The maximum Gasteiger partial charge on any atom is 0.243 e. The molecule has 0 bridgehead atoms. The minimum Gasteiger partial charge on any atom is -0.348 e. The molecular weight excluding hydrogens is 455 g/mol. The zero-order valence-corrected chi connectivity index (χ0v) is 19.6. The fourth-order valence-electron chi connectivity index (χ4n) is 5.53. The molecular formula is C26H26Cl2N4O. The fraction of sp³-hybridized carbons (Fsp3) is 0.385. The van der Waals surface area contributed by atoms with Crippen LogP contribution in [0.3, 0.4) is 0 Å². The van der Waals surface area contributed by atoms with E-state index in [9.17, 15) is 4.79 Å². The van der Waals surface area contributed by atoms with E-state index in [4.69, 9.17) is 28.2 Å². The van der Waals surface area contributed by atoms with Crippen LogP contribution in [-0.2, 0) is 4.79 Å². The lowest BCUT2D eigenvalue weighted by Crippen LogP contribution is -2.32. The van der Waals surface area contributed by atoms with E-state index in [0.29, 0.717) is 39.9 Å². The first-order valence-corrected chi connectivity index (χ1v) is 12.5. The summed E-state index contributed by atoms with van der Waals surface area (Å²) in [6.07, 6.45) is 5.88. The molecule has 0 radical (unpaired) electrons. The van der Waals surface area contributed by atoms with Gasteiger partial charge in [0.1, 0.15) is 0 Å². The standard InChI is InChI=1S/C26H26Cl2N4O/c27-14-7-8-15(18(28)13-14)23-22-21(16-5-1-2-6-19(16)31-23)26(22)30-12-4-3-11-29-24-17-9-10-20(33)32-25(17)24/h1-2,5-10,13,17,21-22,24-26,29-30H,3-4,11-12H2,(H,32,33). The van der Waals surface area contributed by atoms with Gasteiger partial charge in [0.05, 0.1) is 22.5 Å². The van der Waals surface area contributed by atoms with E-state index in [2.05, 4.69) is 34.1 Å². The van der Waals surface area contributed by atoms with Crippen LogP contribution < -0.4 is 16.0 Å². The van der Waals surface area contributed by atoms with E-state index >= 15 is 0 Å². The highest BCUT2D eigenvalue weighted by molar-refractivity contribution is 6.37. The second-order valence-corrected chi connectivity index (χ2v) is 10.2. The molecule has 2 saturated carbocycles. The summed E-state index contributed by atoms with van der Waals surface area (Å²) in [6.45, 7) is 1.94. The highest BCUT2D eigenvalue weighted by atomic mass is 35.5. The second-order valence-electron chi connectivity index (χ2n) is 9.37. The number of benzene rings is 2. The van der Waals surface area contributed by atoms with Crippen molar-refractivity contribution in [2.45, 2.75) is 36.9 Å². The molecule has 2 aromatic rings. The summed E-state index contributed by atoms with van der Waals surface area (Å²) in [5.74, 6) is 1.26. The maximum absolute atomic E-state index is 11.4. The van der Waals surface area contributed by atoms with Crippen molar-refractivity contribution >= 4 is 40.5 Å². The van der Waals surface area contributed by atoms with Gasteiger partial charge in [-0.25, -0.2) is 0 Å². The fourth-order valence-corrected chi connectivity index (χ4v) is 6.03. The average Bonchev–Trinajstić information content (AvgIpc) is 3.70. The third kappa shape index (κ3) is 4.01. The normalized spacial score (nSPS) is 30.6. The van der Waals surface area contributed by atoms with Crippen molar-refractivity contribution in [3.05, 3.63) is 75.8 Å². The number of hydrogen-bond donors (Lipinski definition) is 3. The van der Waals surface area contributed by atoms with Crippen molar-refractivity contribution in [2.24, 2.45) is 16.8 Å². The van der Waals surface area contributed by atoms with E-state index < -0.39 is 0 Å². The minimum absolute atomic E-state index is 0.0278. The van der Waals surface area contributed by atoms with Gasteiger partial charge in [0.25, 0.3) is 0 Å². The number of fused-ring (bicyclic) bond motifs is 4. The first kappa shape index (κ1) is 21.4. The number of hydrogen-bond acceptors (Lipinski definition) is 4. The number of halogens is 2. The van der Waals surface area contributed by atoms with E-state index in [1.165, 1.54) is 5.56 Å². The summed E-state index contributed by atoms with van der Waals surface area (Å²) in [5, 5.41) is 11.7. The van der Waals surface area contributed by atoms with Crippen molar-refractivity contribution in [1.82, 2.24) is 16.0 Å². The number of carbonyl (C=O) groups is 1. The van der Waals surface area contributed by atoms with E-state index in [1.54, 1.807) is 12.1 Å². The molecule has 3 N–H and O–H groups in total. The molecule has 5 nitrogen and oxygen atoms in total. The molecule has 2 aliphatic heterocycles.